The number of benzene rings is 2. The number of carbonyl (C=O) groups excluding carboxylic acids is 2. The predicted octanol–water partition coefficient (Wildman–Crippen LogP) is 5.51. The molecule has 1 fully saturated rings. The highest BCUT2D eigenvalue weighted by Crippen LogP contribution is 2.43. The first-order valence-electron chi connectivity index (χ1n) is 7.81. The molecule has 1 aliphatic heterocycles. The van der Waals surface area contributed by atoms with Crippen molar-refractivity contribution < 1.29 is 9.59 Å². The molecule has 2 amide bonds. The van der Waals surface area contributed by atoms with Crippen LogP contribution in [-0.2, 0) is 16.0 Å². The molecule has 2 aromatic carbocycles. The van der Waals surface area contributed by atoms with Crippen molar-refractivity contribution in [2.45, 2.75) is 20.3 Å². The number of anilines is 1. The first kappa shape index (κ1) is 18.4. The van der Waals surface area contributed by atoms with E-state index in [1.807, 2.05) is 31.2 Å². The molecule has 6 heteroatoms. The van der Waals surface area contributed by atoms with Crippen LogP contribution in [0.2, 0.25) is 10.0 Å². The highest BCUT2D eigenvalue weighted by Gasteiger charge is 2.54. The lowest BCUT2D eigenvalue weighted by Crippen LogP contribution is -2.36. The molecule has 25 heavy (non-hydrogen) atoms. The second kappa shape index (κ2) is 6.75. The van der Waals surface area contributed by atoms with E-state index in [-0.39, 0.29) is 11.8 Å². The van der Waals surface area contributed by atoms with E-state index >= 15 is 0 Å². The van der Waals surface area contributed by atoms with Gasteiger partial charge in [0.05, 0.1) is 17.0 Å². The summed E-state index contributed by atoms with van der Waals surface area (Å²) in [5, 5.41) is 0.773. The summed E-state index contributed by atoms with van der Waals surface area (Å²) in [5.74, 6) is -0.907. The van der Waals surface area contributed by atoms with Gasteiger partial charge in [0, 0.05) is 14.5 Å². The van der Waals surface area contributed by atoms with Crippen LogP contribution < -0.4 is 4.90 Å². The molecule has 1 saturated heterocycles. The number of hydrogen-bond donors (Lipinski definition) is 0. The molecule has 0 spiro atoms. The molecule has 0 saturated carbocycles. The summed E-state index contributed by atoms with van der Waals surface area (Å²) < 4.78 is 0.971. The molecule has 0 unspecified atom stereocenters. The topological polar surface area (TPSA) is 37.4 Å². The number of amides is 2. The Balaban J connectivity index is 1.98. The zero-order valence-corrected chi connectivity index (χ0v) is 16.8. The summed E-state index contributed by atoms with van der Waals surface area (Å²) in [6.07, 6.45) is 0.483. The van der Waals surface area contributed by atoms with Crippen molar-refractivity contribution in [3.05, 3.63) is 62.5 Å². The monoisotopic (exact) mass is 439 g/mol. The summed E-state index contributed by atoms with van der Waals surface area (Å²) in [4.78, 5) is 27.2. The molecule has 1 heterocycles. The molecule has 0 aliphatic carbocycles. The van der Waals surface area contributed by atoms with E-state index in [9.17, 15) is 9.59 Å². The zero-order chi connectivity index (χ0) is 18.4. The molecule has 3 nitrogen and oxygen atoms in total. The summed E-state index contributed by atoms with van der Waals surface area (Å²) in [6, 6.07) is 12.5. The van der Waals surface area contributed by atoms with E-state index < -0.39 is 11.3 Å². The van der Waals surface area contributed by atoms with Gasteiger partial charge in [-0.05, 0) is 49.2 Å². The van der Waals surface area contributed by atoms with E-state index in [0.717, 1.165) is 10.0 Å². The van der Waals surface area contributed by atoms with Crippen molar-refractivity contribution in [2.24, 2.45) is 11.3 Å². The van der Waals surface area contributed by atoms with Crippen molar-refractivity contribution >= 4 is 56.6 Å². The third-order valence-electron chi connectivity index (χ3n) is 4.83. The molecule has 2 aromatic rings. The fourth-order valence-electron chi connectivity index (χ4n) is 3.17. The Bertz CT molecular complexity index is 833. The van der Waals surface area contributed by atoms with Crippen molar-refractivity contribution in [3.8, 4) is 0 Å². The molecule has 0 bridgehead atoms. The van der Waals surface area contributed by atoms with Crippen molar-refractivity contribution in [2.75, 3.05) is 4.90 Å². The van der Waals surface area contributed by atoms with Gasteiger partial charge in [-0.25, -0.2) is 4.90 Å². The summed E-state index contributed by atoms with van der Waals surface area (Å²) in [6.45, 7) is 3.64. The Hall–Kier alpha value is -1.36. The minimum absolute atomic E-state index is 0.230. The van der Waals surface area contributed by atoms with Crippen LogP contribution >= 0.6 is 39.1 Å². The fourth-order valence-corrected chi connectivity index (χ4v) is 3.95. The van der Waals surface area contributed by atoms with E-state index in [4.69, 9.17) is 23.2 Å². The Morgan fingerprint density at radius 2 is 1.64 bits per heavy atom. The van der Waals surface area contributed by atoms with Crippen molar-refractivity contribution in [3.63, 3.8) is 0 Å². The zero-order valence-electron chi connectivity index (χ0n) is 13.7. The molecule has 0 N–H and O–H groups in total. The Labute approximate surface area is 165 Å². The highest BCUT2D eigenvalue weighted by molar-refractivity contribution is 9.10. The second-order valence-corrected chi connectivity index (χ2v) is 8.34. The maximum Gasteiger partial charge on any atom is 0.240 e. The number of halogens is 3. The number of carbonyl (C=O) groups is 2. The quantitative estimate of drug-likeness (QED) is 0.589. The van der Waals surface area contributed by atoms with Crippen molar-refractivity contribution in [1.82, 2.24) is 0 Å². The molecular weight excluding hydrogens is 425 g/mol. The first-order valence-corrected chi connectivity index (χ1v) is 9.36. The van der Waals surface area contributed by atoms with Gasteiger partial charge in [0.15, 0.2) is 0 Å². The van der Waals surface area contributed by atoms with E-state index in [1.165, 1.54) is 4.90 Å². The molecular formula is C19H16BrCl2NO2. The molecule has 1 aliphatic rings. The number of nitrogens with zero attached hydrogens (tertiary/aromatic N) is 1. The Morgan fingerprint density at radius 3 is 2.20 bits per heavy atom. The van der Waals surface area contributed by atoms with Gasteiger partial charge in [0.1, 0.15) is 0 Å². The van der Waals surface area contributed by atoms with Crippen LogP contribution in [0.25, 0.3) is 0 Å². The third-order valence-corrected chi connectivity index (χ3v) is 5.79. The SMILES string of the molecule is C[C@@H]1C(=O)N(c2cc(Cl)cc(Cl)c2)C(=O)[C@]1(C)Cc1ccc(Br)cc1. The smallest absolute Gasteiger partial charge is 0.240 e. The van der Waals surface area contributed by atoms with Gasteiger partial charge >= 0.3 is 0 Å². The van der Waals surface area contributed by atoms with Gasteiger partial charge in [0.2, 0.25) is 11.8 Å². The number of hydrogen-bond acceptors (Lipinski definition) is 2. The summed E-state index contributed by atoms with van der Waals surface area (Å²) in [5.41, 5.74) is 0.600. The summed E-state index contributed by atoms with van der Waals surface area (Å²) >= 11 is 15.5. The molecule has 0 radical (unpaired) electrons. The van der Waals surface area contributed by atoms with Gasteiger partial charge in [-0.2, -0.15) is 0 Å². The molecule has 0 aromatic heterocycles. The maximum absolute atomic E-state index is 13.2. The number of rotatable bonds is 3. The van der Waals surface area contributed by atoms with E-state index in [1.54, 1.807) is 25.1 Å². The Morgan fingerprint density at radius 1 is 1.08 bits per heavy atom. The van der Waals surface area contributed by atoms with Crippen LogP contribution in [0.4, 0.5) is 5.69 Å². The normalized spacial score (nSPS) is 23.4. The third kappa shape index (κ3) is 3.35. The van der Waals surface area contributed by atoms with Crippen LogP contribution in [0.5, 0.6) is 0 Å². The number of imide groups is 1. The van der Waals surface area contributed by atoms with Crippen LogP contribution in [0.15, 0.2) is 46.9 Å². The Kier molecular flexibility index (Phi) is 4.97. The van der Waals surface area contributed by atoms with Crippen molar-refractivity contribution in [1.29, 1.82) is 0 Å². The predicted molar refractivity (Wildman–Crippen MR) is 104 cm³/mol. The van der Waals surface area contributed by atoms with E-state index in [2.05, 4.69) is 15.9 Å². The van der Waals surface area contributed by atoms with Gasteiger partial charge < -0.3 is 0 Å². The molecule has 2 atom stereocenters. The van der Waals surface area contributed by atoms with Crippen LogP contribution in [0.1, 0.15) is 19.4 Å². The van der Waals surface area contributed by atoms with Gasteiger partial charge in [-0.3, -0.25) is 9.59 Å². The average molecular weight is 441 g/mol. The summed E-state index contributed by atoms with van der Waals surface area (Å²) in [7, 11) is 0. The minimum Gasteiger partial charge on any atom is -0.274 e. The lowest BCUT2D eigenvalue weighted by atomic mass is 9.75. The minimum atomic E-state index is -0.820. The lowest BCUT2D eigenvalue weighted by Gasteiger charge is -2.25. The lowest BCUT2D eigenvalue weighted by molar-refractivity contribution is -0.125. The maximum atomic E-state index is 13.2. The highest BCUT2D eigenvalue weighted by atomic mass is 79.9. The van der Waals surface area contributed by atoms with Crippen LogP contribution in [0.3, 0.4) is 0 Å². The van der Waals surface area contributed by atoms with E-state index in [0.29, 0.717) is 22.2 Å². The first-order chi connectivity index (χ1) is 11.7. The second-order valence-electron chi connectivity index (χ2n) is 6.55. The standard InChI is InChI=1S/C19H16BrCl2NO2/c1-11-17(24)23(16-8-14(21)7-15(22)9-16)18(25)19(11,2)10-12-3-5-13(20)6-4-12/h3-9,11H,10H2,1-2H3/t11-,19-/m1/s1. The molecule has 3 rings (SSSR count). The largest absolute Gasteiger partial charge is 0.274 e. The van der Waals surface area contributed by atoms with Crippen LogP contribution in [0, 0.1) is 11.3 Å². The van der Waals surface area contributed by atoms with Gasteiger partial charge in [0.25, 0.3) is 0 Å². The average Bonchev–Trinajstić information content (AvgIpc) is 2.70. The van der Waals surface area contributed by atoms with Crippen LogP contribution in [-0.4, -0.2) is 11.8 Å². The van der Waals surface area contributed by atoms with Gasteiger partial charge in [-0.15, -0.1) is 0 Å². The fraction of sp³-hybridized carbons (Fsp3) is 0.263. The van der Waals surface area contributed by atoms with Gasteiger partial charge in [-0.1, -0.05) is 58.2 Å². The molecule has 130 valence electrons.